The predicted molar refractivity (Wildman–Crippen MR) is 99.1 cm³/mol. The number of carbonyl (C=O) groups excluding carboxylic acids is 1. The lowest BCUT2D eigenvalue weighted by molar-refractivity contribution is 0.0910. The molecule has 1 N–H and O–H groups in total. The Hall–Kier alpha value is -3.13. The first-order valence-electron chi connectivity index (χ1n) is 8.85. The number of nitrogens with one attached hydrogen (secondary N) is 1. The molecule has 1 fully saturated rings. The molecule has 8 nitrogen and oxygen atoms in total. The molecular weight excluding hydrogens is 348 g/mol. The molecule has 0 radical (unpaired) electrons. The zero-order valence-corrected chi connectivity index (χ0v) is 14.8. The van der Waals surface area contributed by atoms with E-state index in [1.54, 1.807) is 12.3 Å². The van der Waals surface area contributed by atoms with Gasteiger partial charge in [0.15, 0.2) is 5.82 Å². The number of amides is 1. The van der Waals surface area contributed by atoms with Crippen molar-refractivity contribution in [2.45, 2.75) is 0 Å². The number of morpholine rings is 1. The van der Waals surface area contributed by atoms with Crippen molar-refractivity contribution < 1.29 is 18.8 Å². The first kappa shape index (κ1) is 17.3. The van der Waals surface area contributed by atoms with E-state index in [1.165, 1.54) is 0 Å². The summed E-state index contributed by atoms with van der Waals surface area (Å²) in [5.41, 5.74) is 0.803. The summed E-state index contributed by atoms with van der Waals surface area (Å²) >= 11 is 0. The van der Waals surface area contributed by atoms with Crippen molar-refractivity contribution in [2.75, 3.05) is 44.4 Å². The minimum absolute atomic E-state index is 0.184. The van der Waals surface area contributed by atoms with Gasteiger partial charge in [0.05, 0.1) is 19.8 Å². The highest BCUT2D eigenvalue weighted by molar-refractivity contribution is 5.92. The molecule has 1 aromatic carbocycles. The SMILES string of the molecule is O=C(NCCOc1cccc2cccnc12)c1cc(N2CCOCC2)no1. The average molecular weight is 368 g/mol. The summed E-state index contributed by atoms with van der Waals surface area (Å²) in [6.45, 7) is 3.44. The van der Waals surface area contributed by atoms with Crippen molar-refractivity contribution in [1.82, 2.24) is 15.5 Å². The van der Waals surface area contributed by atoms with Crippen LogP contribution in [0.3, 0.4) is 0 Å². The Labute approximate surface area is 156 Å². The van der Waals surface area contributed by atoms with Crippen LogP contribution in [0.15, 0.2) is 47.1 Å². The molecule has 0 unspecified atom stereocenters. The summed E-state index contributed by atoms with van der Waals surface area (Å²) in [5.74, 6) is 1.21. The molecule has 0 saturated carbocycles. The molecule has 2 aromatic heterocycles. The summed E-state index contributed by atoms with van der Waals surface area (Å²) in [5, 5.41) is 7.75. The van der Waals surface area contributed by atoms with Crippen LogP contribution in [0.1, 0.15) is 10.6 Å². The van der Waals surface area contributed by atoms with Crippen LogP contribution < -0.4 is 15.0 Å². The van der Waals surface area contributed by atoms with E-state index < -0.39 is 0 Å². The third kappa shape index (κ3) is 4.01. The number of rotatable bonds is 6. The lowest BCUT2D eigenvalue weighted by Crippen LogP contribution is -2.36. The molecule has 1 saturated heterocycles. The van der Waals surface area contributed by atoms with Gasteiger partial charge in [0, 0.05) is 30.7 Å². The second-order valence-electron chi connectivity index (χ2n) is 6.08. The maximum atomic E-state index is 12.2. The molecule has 0 spiro atoms. The Morgan fingerprint density at radius 3 is 2.96 bits per heavy atom. The van der Waals surface area contributed by atoms with Crippen molar-refractivity contribution in [3.63, 3.8) is 0 Å². The minimum atomic E-state index is -0.318. The van der Waals surface area contributed by atoms with Gasteiger partial charge in [-0.1, -0.05) is 23.4 Å². The minimum Gasteiger partial charge on any atom is -0.489 e. The van der Waals surface area contributed by atoms with Gasteiger partial charge in [0.1, 0.15) is 17.9 Å². The number of carbonyl (C=O) groups is 1. The highest BCUT2D eigenvalue weighted by Crippen LogP contribution is 2.22. The molecule has 0 bridgehead atoms. The zero-order valence-electron chi connectivity index (χ0n) is 14.8. The third-order valence-corrected chi connectivity index (χ3v) is 4.30. The largest absolute Gasteiger partial charge is 0.489 e. The number of fused-ring (bicyclic) bond motifs is 1. The number of hydrogen-bond donors (Lipinski definition) is 1. The van der Waals surface area contributed by atoms with E-state index in [0.717, 1.165) is 24.0 Å². The number of nitrogens with zero attached hydrogens (tertiary/aromatic N) is 3. The van der Waals surface area contributed by atoms with Gasteiger partial charge in [-0.3, -0.25) is 9.78 Å². The fourth-order valence-electron chi connectivity index (χ4n) is 2.92. The van der Waals surface area contributed by atoms with Crippen LogP contribution in [0.2, 0.25) is 0 Å². The Balaban J connectivity index is 1.29. The smallest absolute Gasteiger partial charge is 0.290 e. The Kier molecular flexibility index (Phi) is 5.15. The van der Waals surface area contributed by atoms with Crippen LogP contribution in [0.4, 0.5) is 5.82 Å². The average Bonchev–Trinajstić information content (AvgIpc) is 3.22. The van der Waals surface area contributed by atoms with E-state index in [4.69, 9.17) is 14.0 Å². The van der Waals surface area contributed by atoms with Gasteiger partial charge in [-0.25, -0.2) is 0 Å². The molecule has 8 heteroatoms. The van der Waals surface area contributed by atoms with Crippen molar-refractivity contribution >= 4 is 22.6 Å². The molecule has 1 aliphatic rings. The Bertz CT molecular complexity index is 915. The van der Waals surface area contributed by atoms with Gasteiger partial charge >= 0.3 is 0 Å². The summed E-state index contributed by atoms with van der Waals surface area (Å²) in [6.07, 6.45) is 1.73. The summed E-state index contributed by atoms with van der Waals surface area (Å²) in [4.78, 5) is 18.6. The lowest BCUT2D eigenvalue weighted by Gasteiger charge is -2.25. The fraction of sp³-hybridized carbons (Fsp3) is 0.316. The Morgan fingerprint density at radius 2 is 2.07 bits per heavy atom. The molecule has 0 aliphatic carbocycles. The summed E-state index contributed by atoms with van der Waals surface area (Å²) in [6, 6.07) is 11.3. The first-order valence-corrected chi connectivity index (χ1v) is 8.85. The standard InChI is InChI=1S/C19H20N4O4/c24-19(16-13-17(22-27-16)23-8-11-25-12-9-23)21-7-10-26-15-5-1-3-14-4-2-6-20-18(14)15/h1-6,13H,7-12H2,(H,21,24). The van der Waals surface area contributed by atoms with Gasteiger partial charge in [-0.05, 0) is 12.1 Å². The van der Waals surface area contributed by atoms with Gasteiger partial charge in [-0.2, -0.15) is 0 Å². The van der Waals surface area contributed by atoms with Gasteiger partial charge < -0.3 is 24.2 Å². The topological polar surface area (TPSA) is 89.7 Å². The molecule has 1 amide bonds. The third-order valence-electron chi connectivity index (χ3n) is 4.30. The van der Waals surface area contributed by atoms with Crippen LogP contribution >= 0.6 is 0 Å². The van der Waals surface area contributed by atoms with Crippen molar-refractivity contribution in [2.24, 2.45) is 0 Å². The van der Waals surface area contributed by atoms with Gasteiger partial charge in [0.2, 0.25) is 5.76 Å². The molecule has 1 aliphatic heterocycles. The number of para-hydroxylation sites is 1. The van der Waals surface area contributed by atoms with E-state index >= 15 is 0 Å². The van der Waals surface area contributed by atoms with Crippen molar-refractivity contribution in [1.29, 1.82) is 0 Å². The number of pyridine rings is 1. The second kappa shape index (κ2) is 8.05. The number of benzene rings is 1. The summed E-state index contributed by atoms with van der Waals surface area (Å²) < 4.78 is 16.2. The van der Waals surface area contributed by atoms with E-state index in [2.05, 4.69) is 15.5 Å². The zero-order chi connectivity index (χ0) is 18.5. The number of anilines is 1. The van der Waals surface area contributed by atoms with E-state index in [-0.39, 0.29) is 11.7 Å². The molecule has 3 heterocycles. The van der Waals surface area contributed by atoms with Crippen LogP contribution in [0.5, 0.6) is 5.75 Å². The van der Waals surface area contributed by atoms with E-state index in [9.17, 15) is 4.79 Å². The molecule has 140 valence electrons. The predicted octanol–water partition coefficient (Wildman–Crippen LogP) is 1.87. The van der Waals surface area contributed by atoms with Gasteiger partial charge in [-0.15, -0.1) is 0 Å². The maximum absolute atomic E-state index is 12.2. The van der Waals surface area contributed by atoms with Gasteiger partial charge in [0.25, 0.3) is 5.91 Å². The van der Waals surface area contributed by atoms with E-state index in [0.29, 0.717) is 37.9 Å². The quantitative estimate of drug-likeness (QED) is 0.664. The maximum Gasteiger partial charge on any atom is 0.290 e. The van der Waals surface area contributed by atoms with Crippen molar-refractivity contribution in [3.05, 3.63) is 48.4 Å². The number of aromatic nitrogens is 2. The van der Waals surface area contributed by atoms with Crippen LogP contribution in [-0.2, 0) is 4.74 Å². The molecular formula is C19H20N4O4. The molecule has 0 atom stereocenters. The highest BCUT2D eigenvalue weighted by Gasteiger charge is 2.18. The normalized spacial score (nSPS) is 14.3. The monoisotopic (exact) mass is 368 g/mol. The Morgan fingerprint density at radius 1 is 1.22 bits per heavy atom. The van der Waals surface area contributed by atoms with Crippen molar-refractivity contribution in [3.8, 4) is 5.75 Å². The van der Waals surface area contributed by atoms with Crippen LogP contribution in [0, 0.1) is 0 Å². The van der Waals surface area contributed by atoms with Crippen LogP contribution in [0.25, 0.3) is 10.9 Å². The number of ether oxygens (including phenoxy) is 2. The fourth-order valence-corrected chi connectivity index (χ4v) is 2.92. The summed E-state index contributed by atoms with van der Waals surface area (Å²) in [7, 11) is 0. The van der Waals surface area contributed by atoms with Crippen LogP contribution in [-0.4, -0.2) is 55.5 Å². The second-order valence-corrected chi connectivity index (χ2v) is 6.08. The first-order chi connectivity index (χ1) is 13.3. The molecule has 27 heavy (non-hydrogen) atoms. The highest BCUT2D eigenvalue weighted by atomic mass is 16.5. The number of hydrogen-bond acceptors (Lipinski definition) is 7. The lowest BCUT2D eigenvalue weighted by atomic mass is 10.2. The van der Waals surface area contributed by atoms with E-state index in [1.807, 2.05) is 35.2 Å². The molecule has 4 rings (SSSR count). The molecule has 3 aromatic rings.